The molecule has 0 saturated heterocycles. The predicted octanol–water partition coefficient (Wildman–Crippen LogP) is 2.99. The Labute approximate surface area is 84.4 Å². The SMILES string of the molecule is Cc1c(Cl)cc(N)c(C=N)c1Br. The quantitative estimate of drug-likeness (QED) is 0.582. The number of hydrogen-bond acceptors (Lipinski definition) is 2. The summed E-state index contributed by atoms with van der Waals surface area (Å²) >= 11 is 9.19. The van der Waals surface area contributed by atoms with Gasteiger partial charge in [0.2, 0.25) is 0 Å². The molecule has 0 aromatic heterocycles. The molecule has 0 aliphatic rings. The number of anilines is 1. The zero-order valence-electron chi connectivity index (χ0n) is 6.49. The van der Waals surface area contributed by atoms with Crippen LogP contribution in [0.25, 0.3) is 0 Å². The third-order valence-electron chi connectivity index (χ3n) is 1.66. The van der Waals surface area contributed by atoms with Crippen LogP contribution in [0.15, 0.2) is 10.5 Å². The summed E-state index contributed by atoms with van der Waals surface area (Å²) in [7, 11) is 0. The Balaban J connectivity index is 3.51. The summed E-state index contributed by atoms with van der Waals surface area (Å²) in [6.45, 7) is 1.87. The van der Waals surface area contributed by atoms with Crippen molar-refractivity contribution in [1.82, 2.24) is 0 Å². The lowest BCUT2D eigenvalue weighted by molar-refractivity contribution is 1.41. The van der Waals surface area contributed by atoms with E-state index in [9.17, 15) is 0 Å². The molecule has 0 radical (unpaired) electrons. The van der Waals surface area contributed by atoms with E-state index in [-0.39, 0.29) is 0 Å². The highest BCUT2D eigenvalue weighted by atomic mass is 79.9. The molecule has 0 heterocycles. The van der Waals surface area contributed by atoms with Gasteiger partial charge < -0.3 is 11.1 Å². The molecule has 1 aromatic carbocycles. The monoisotopic (exact) mass is 246 g/mol. The van der Waals surface area contributed by atoms with Gasteiger partial charge in [-0.25, -0.2) is 0 Å². The second kappa shape index (κ2) is 3.46. The van der Waals surface area contributed by atoms with Crippen molar-refractivity contribution in [2.45, 2.75) is 6.92 Å². The lowest BCUT2D eigenvalue weighted by Crippen LogP contribution is -1.96. The van der Waals surface area contributed by atoms with E-state index < -0.39 is 0 Å². The van der Waals surface area contributed by atoms with Crippen LogP contribution >= 0.6 is 27.5 Å². The van der Waals surface area contributed by atoms with Crippen LogP contribution in [0, 0.1) is 12.3 Å². The fourth-order valence-electron chi connectivity index (χ4n) is 0.903. The standard InChI is InChI=1S/C8H8BrClN2/c1-4-6(10)2-7(12)5(3-11)8(4)9/h2-3,11H,12H2,1H3. The molecule has 0 spiro atoms. The first-order valence-corrected chi connectivity index (χ1v) is 4.49. The molecule has 4 heteroatoms. The number of benzene rings is 1. The lowest BCUT2D eigenvalue weighted by Gasteiger charge is -2.07. The number of rotatable bonds is 1. The predicted molar refractivity (Wildman–Crippen MR) is 56.2 cm³/mol. The maximum Gasteiger partial charge on any atom is 0.0467 e. The van der Waals surface area contributed by atoms with Gasteiger partial charge in [0.25, 0.3) is 0 Å². The van der Waals surface area contributed by atoms with Gasteiger partial charge in [0, 0.05) is 27.0 Å². The molecule has 0 aliphatic heterocycles. The molecule has 1 aromatic rings. The second-order valence-corrected chi connectivity index (χ2v) is 3.64. The van der Waals surface area contributed by atoms with Crippen LogP contribution < -0.4 is 5.73 Å². The van der Waals surface area contributed by atoms with E-state index in [0.29, 0.717) is 16.3 Å². The first-order valence-electron chi connectivity index (χ1n) is 3.32. The van der Waals surface area contributed by atoms with E-state index >= 15 is 0 Å². The summed E-state index contributed by atoms with van der Waals surface area (Å²) in [6, 6.07) is 1.65. The Morgan fingerprint density at radius 1 is 1.67 bits per heavy atom. The zero-order valence-corrected chi connectivity index (χ0v) is 8.83. The number of halogens is 2. The van der Waals surface area contributed by atoms with Gasteiger partial charge in [-0.2, -0.15) is 0 Å². The Kier molecular flexibility index (Phi) is 2.75. The third-order valence-corrected chi connectivity index (χ3v) is 3.08. The van der Waals surface area contributed by atoms with Crippen LogP contribution in [-0.4, -0.2) is 6.21 Å². The zero-order chi connectivity index (χ0) is 9.30. The number of nitrogen functional groups attached to an aromatic ring is 1. The van der Waals surface area contributed by atoms with E-state index in [2.05, 4.69) is 15.9 Å². The largest absolute Gasteiger partial charge is 0.398 e. The highest BCUT2D eigenvalue weighted by Gasteiger charge is 2.08. The first-order chi connectivity index (χ1) is 5.57. The maximum atomic E-state index is 7.11. The fourth-order valence-corrected chi connectivity index (χ4v) is 1.79. The van der Waals surface area contributed by atoms with Gasteiger partial charge in [0.1, 0.15) is 0 Å². The molecule has 1 rings (SSSR count). The van der Waals surface area contributed by atoms with Gasteiger partial charge in [-0.1, -0.05) is 11.6 Å². The fraction of sp³-hybridized carbons (Fsp3) is 0.125. The molecule has 0 atom stereocenters. The summed E-state index contributed by atoms with van der Waals surface area (Å²) in [6.07, 6.45) is 1.21. The minimum absolute atomic E-state index is 0.521. The number of nitrogens with one attached hydrogen (secondary N) is 1. The maximum absolute atomic E-state index is 7.11. The highest BCUT2D eigenvalue weighted by Crippen LogP contribution is 2.30. The van der Waals surface area contributed by atoms with Gasteiger partial charge in [-0.05, 0) is 34.5 Å². The minimum atomic E-state index is 0.521. The molecule has 0 fully saturated rings. The summed E-state index contributed by atoms with van der Waals surface area (Å²) in [5.74, 6) is 0. The molecule has 12 heavy (non-hydrogen) atoms. The van der Waals surface area contributed by atoms with Crippen LogP contribution in [0.2, 0.25) is 5.02 Å². The molecule has 0 bridgehead atoms. The van der Waals surface area contributed by atoms with E-state index in [4.69, 9.17) is 22.7 Å². The van der Waals surface area contributed by atoms with Crippen molar-refractivity contribution in [2.75, 3.05) is 5.73 Å². The number of nitrogens with two attached hydrogens (primary N) is 1. The van der Waals surface area contributed by atoms with Crippen molar-refractivity contribution < 1.29 is 0 Å². The van der Waals surface area contributed by atoms with Crippen molar-refractivity contribution in [1.29, 1.82) is 5.41 Å². The summed E-state index contributed by atoms with van der Waals surface area (Å²) in [5.41, 5.74) is 7.74. The number of hydrogen-bond donors (Lipinski definition) is 2. The van der Waals surface area contributed by atoms with Crippen molar-refractivity contribution in [3.05, 3.63) is 26.7 Å². The molecule has 64 valence electrons. The van der Waals surface area contributed by atoms with Crippen molar-refractivity contribution in [3.8, 4) is 0 Å². The van der Waals surface area contributed by atoms with E-state index in [1.165, 1.54) is 6.21 Å². The van der Waals surface area contributed by atoms with Crippen LogP contribution in [0.5, 0.6) is 0 Å². The normalized spacial score (nSPS) is 9.92. The van der Waals surface area contributed by atoms with Gasteiger partial charge in [0.05, 0.1) is 0 Å². The molecule has 0 unspecified atom stereocenters. The summed E-state index contributed by atoms with van der Waals surface area (Å²) in [4.78, 5) is 0. The van der Waals surface area contributed by atoms with Crippen LogP contribution in [-0.2, 0) is 0 Å². The Morgan fingerprint density at radius 2 is 2.25 bits per heavy atom. The van der Waals surface area contributed by atoms with Crippen molar-refractivity contribution in [3.63, 3.8) is 0 Å². The van der Waals surface area contributed by atoms with Gasteiger partial charge in [-0.15, -0.1) is 0 Å². The van der Waals surface area contributed by atoms with Crippen molar-refractivity contribution >= 4 is 39.4 Å². The molecule has 0 saturated carbocycles. The van der Waals surface area contributed by atoms with Crippen molar-refractivity contribution in [2.24, 2.45) is 0 Å². The summed E-state index contributed by atoms with van der Waals surface area (Å²) in [5, 5.41) is 7.73. The van der Waals surface area contributed by atoms with Gasteiger partial charge >= 0.3 is 0 Å². The highest BCUT2D eigenvalue weighted by molar-refractivity contribution is 9.10. The van der Waals surface area contributed by atoms with E-state index in [1.54, 1.807) is 6.07 Å². The topological polar surface area (TPSA) is 49.9 Å². The average Bonchev–Trinajstić information content (AvgIpc) is 2.01. The van der Waals surface area contributed by atoms with Crippen LogP contribution in [0.4, 0.5) is 5.69 Å². The molecular formula is C8H8BrClN2. The Bertz CT molecular complexity index is 336. The molecule has 3 N–H and O–H groups in total. The molecular weight excluding hydrogens is 239 g/mol. The average molecular weight is 248 g/mol. The van der Waals surface area contributed by atoms with E-state index in [1.807, 2.05) is 6.92 Å². The molecule has 2 nitrogen and oxygen atoms in total. The molecule has 0 amide bonds. The lowest BCUT2D eigenvalue weighted by atomic mass is 10.1. The van der Waals surface area contributed by atoms with Gasteiger partial charge in [-0.3, -0.25) is 0 Å². The Hall–Kier alpha value is -0.540. The minimum Gasteiger partial charge on any atom is -0.398 e. The smallest absolute Gasteiger partial charge is 0.0467 e. The first kappa shape index (κ1) is 9.55. The molecule has 0 aliphatic carbocycles. The van der Waals surface area contributed by atoms with Gasteiger partial charge in [0.15, 0.2) is 0 Å². The Morgan fingerprint density at radius 3 is 2.75 bits per heavy atom. The second-order valence-electron chi connectivity index (χ2n) is 2.44. The third kappa shape index (κ3) is 1.47. The summed E-state index contributed by atoms with van der Waals surface area (Å²) < 4.78 is 0.794. The van der Waals surface area contributed by atoms with Crippen LogP contribution in [0.1, 0.15) is 11.1 Å². The van der Waals surface area contributed by atoms with Crippen LogP contribution in [0.3, 0.4) is 0 Å². The van der Waals surface area contributed by atoms with E-state index in [0.717, 1.165) is 10.0 Å².